The molecule has 2 aromatic carbocycles. The summed E-state index contributed by atoms with van der Waals surface area (Å²) in [6.45, 7) is 3.54. The average Bonchev–Trinajstić information content (AvgIpc) is 3.17. The number of hydrogen-bond donors (Lipinski definition) is 1. The Morgan fingerprint density at radius 1 is 1.08 bits per heavy atom. The molecule has 0 unspecified atom stereocenters. The first-order valence-corrected chi connectivity index (χ1v) is 11.4. The molecular formula is C27H28F3N3O5. The number of halogens is 3. The number of hydrogen-bond acceptors (Lipinski definition) is 6. The number of fused-ring (bicyclic) bond motifs is 1. The summed E-state index contributed by atoms with van der Waals surface area (Å²) in [5.41, 5.74) is 6.23. The normalized spacial score (nSPS) is 11.5. The summed E-state index contributed by atoms with van der Waals surface area (Å²) in [7, 11) is 2.59. The van der Waals surface area contributed by atoms with Crippen LogP contribution in [0.25, 0.3) is 10.9 Å². The van der Waals surface area contributed by atoms with Crippen LogP contribution in [-0.4, -0.2) is 49.2 Å². The Balaban J connectivity index is 2.06. The Hall–Kier alpha value is -4.33. The number of anilines is 2. The Morgan fingerprint density at radius 3 is 2.39 bits per heavy atom. The number of amides is 1. The predicted molar refractivity (Wildman–Crippen MR) is 137 cm³/mol. The highest BCUT2D eigenvalue weighted by atomic mass is 19.4. The lowest BCUT2D eigenvalue weighted by Crippen LogP contribution is -2.37. The van der Waals surface area contributed by atoms with Crippen molar-refractivity contribution >= 4 is 34.3 Å². The topological polar surface area (TPSA) is 96.0 Å². The van der Waals surface area contributed by atoms with Crippen LogP contribution in [0.4, 0.5) is 29.3 Å². The molecule has 3 aromatic rings. The summed E-state index contributed by atoms with van der Waals surface area (Å²) in [6.07, 6.45) is -5.26. The van der Waals surface area contributed by atoms with E-state index in [-0.39, 0.29) is 34.8 Å². The Bertz CT molecular complexity index is 1410. The Morgan fingerprint density at radius 2 is 1.79 bits per heavy atom. The minimum absolute atomic E-state index is 0.0763. The first-order chi connectivity index (χ1) is 17.7. The van der Waals surface area contributed by atoms with Crippen LogP contribution in [-0.2, 0) is 16.0 Å². The highest BCUT2D eigenvalue weighted by molar-refractivity contribution is 5.95. The van der Waals surface area contributed by atoms with E-state index in [0.29, 0.717) is 11.1 Å². The van der Waals surface area contributed by atoms with E-state index in [0.717, 1.165) is 4.57 Å². The SMILES string of the molecule is COC(=O)c1ccc(N(CC#Cc2cc3c(N)cccc3n2CC(F)(F)F)C(=O)OC(C)(C)C)c(OC)c1. The molecule has 1 amide bonds. The van der Waals surface area contributed by atoms with Crippen molar-refractivity contribution in [2.24, 2.45) is 0 Å². The van der Waals surface area contributed by atoms with Gasteiger partial charge in [0, 0.05) is 11.1 Å². The molecule has 0 aliphatic heterocycles. The number of esters is 1. The van der Waals surface area contributed by atoms with Crippen molar-refractivity contribution in [3.8, 4) is 17.6 Å². The fourth-order valence-electron chi connectivity index (χ4n) is 3.68. The van der Waals surface area contributed by atoms with Crippen LogP contribution in [0.2, 0.25) is 0 Å². The second-order valence-electron chi connectivity index (χ2n) is 9.26. The van der Waals surface area contributed by atoms with E-state index in [9.17, 15) is 22.8 Å². The van der Waals surface area contributed by atoms with Crippen LogP contribution in [0, 0.1) is 11.8 Å². The maximum Gasteiger partial charge on any atom is 0.415 e. The van der Waals surface area contributed by atoms with Crippen LogP contribution in [0.5, 0.6) is 5.75 Å². The summed E-state index contributed by atoms with van der Waals surface area (Å²) < 4.78 is 56.7. The molecular weight excluding hydrogens is 503 g/mol. The van der Waals surface area contributed by atoms with Gasteiger partial charge in [-0.25, -0.2) is 9.59 Å². The third-order valence-electron chi connectivity index (χ3n) is 5.28. The van der Waals surface area contributed by atoms with Crippen molar-refractivity contribution in [1.29, 1.82) is 0 Å². The summed E-state index contributed by atoms with van der Waals surface area (Å²) >= 11 is 0. The molecule has 8 nitrogen and oxygen atoms in total. The molecule has 0 fully saturated rings. The van der Waals surface area contributed by atoms with Crippen molar-refractivity contribution in [1.82, 2.24) is 4.57 Å². The fourth-order valence-corrected chi connectivity index (χ4v) is 3.68. The highest BCUT2D eigenvalue weighted by Gasteiger charge is 2.30. The second-order valence-corrected chi connectivity index (χ2v) is 9.26. The van der Waals surface area contributed by atoms with Gasteiger partial charge in [0.2, 0.25) is 0 Å². The number of nitrogens with zero attached hydrogens (tertiary/aromatic N) is 2. The smallest absolute Gasteiger partial charge is 0.415 e. The highest BCUT2D eigenvalue weighted by Crippen LogP contribution is 2.31. The van der Waals surface area contributed by atoms with Gasteiger partial charge in [0.25, 0.3) is 0 Å². The van der Waals surface area contributed by atoms with Crippen LogP contribution in [0.1, 0.15) is 36.8 Å². The number of aromatic nitrogens is 1. The van der Waals surface area contributed by atoms with Gasteiger partial charge in [-0.15, -0.1) is 0 Å². The Labute approximate surface area is 218 Å². The molecule has 2 N–H and O–H groups in total. The quantitative estimate of drug-likeness (QED) is 0.270. The lowest BCUT2D eigenvalue weighted by Gasteiger charge is -2.27. The molecule has 3 rings (SSSR count). The number of nitrogens with two attached hydrogens (primary N) is 1. The van der Waals surface area contributed by atoms with Gasteiger partial charge >= 0.3 is 18.2 Å². The van der Waals surface area contributed by atoms with E-state index in [1.165, 1.54) is 49.5 Å². The van der Waals surface area contributed by atoms with Crippen LogP contribution in [0.3, 0.4) is 0 Å². The van der Waals surface area contributed by atoms with Crippen molar-refractivity contribution < 1.29 is 37.0 Å². The molecule has 0 atom stereocenters. The summed E-state index contributed by atoms with van der Waals surface area (Å²) in [5.74, 6) is 5.08. The van der Waals surface area contributed by atoms with E-state index in [2.05, 4.69) is 11.8 Å². The van der Waals surface area contributed by atoms with Crippen LogP contribution in [0.15, 0.2) is 42.5 Å². The van der Waals surface area contributed by atoms with Gasteiger partial charge in [0.15, 0.2) is 0 Å². The minimum Gasteiger partial charge on any atom is -0.495 e. The van der Waals surface area contributed by atoms with Crippen molar-refractivity contribution in [3.63, 3.8) is 0 Å². The molecule has 0 aliphatic carbocycles. The number of carbonyl (C=O) groups is 2. The maximum atomic E-state index is 13.3. The van der Waals surface area contributed by atoms with Gasteiger partial charge in [-0.2, -0.15) is 13.2 Å². The van der Waals surface area contributed by atoms with Crippen LogP contribution < -0.4 is 15.4 Å². The van der Waals surface area contributed by atoms with Gasteiger partial charge in [-0.1, -0.05) is 12.0 Å². The Kier molecular flexibility index (Phi) is 8.15. The molecule has 0 radical (unpaired) electrons. The van der Waals surface area contributed by atoms with Gasteiger partial charge in [-0.05, 0) is 63.1 Å². The molecule has 0 saturated heterocycles. The molecule has 0 spiro atoms. The van der Waals surface area contributed by atoms with Crippen molar-refractivity contribution in [2.75, 3.05) is 31.4 Å². The largest absolute Gasteiger partial charge is 0.495 e. The minimum atomic E-state index is -4.50. The van der Waals surface area contributed by atoms with Gasteiger partial charge in [-0.3, -0.25) is 4.90 Å². The molecule has 11 heteroatoms. The lowest BCUT2D eigenvalue weighted by atomic mass is 10.1. The summed E-state index contributed by atoms with van der Waals surface area (Å²) in [5, 5.41) is 0.435. The molecule has 202 valence electrons. The number of carbonyl (C=O) groups excluding carboxylic acids is 2. The predicted octanol–water partition coefficient (Wildman–Crippen LogP) is 5.37. The fraction of sp³-hybridized carbons (Fsp3) is 0.333. The number of rotatable bonds is 5. The number of nitrogen functional groups attached to an aromatic ring is 1. The number of alkyl halides is 3. The van der Waals surface area contributed by atoms with Gasteiger partial charge < -0.3 is 24.5 Å². The van der Waals surface area contributed by atoms with Crippen molar-refractivity contribution in [2.45, 2.75) is 39.1 Å². The van der Waals surface area contributed by atoms with E-state index in [1.54, 1.807) is 32.9 Å². The average molecular weight is 532 g/mol. The molecule has 0 bridgehead atoms. The molecule has 38 heavy (non-hydrogen) atoms. The van der Waals surface area contributed by atoms with Gasteiger partial charge in [0.1, 0.15) is 17.9 Å². The molecule has 0 saturated carbocycles. The zero-order chi connectivity index (χ0) is 28.3. The molecule has 1 heterocycles. The number of ether oxygens (including phenoxy) is 3. The monoisotopic (exact) mass is 531 g/mol. The first-order valence-electron chi connectivity index (χ1n) is 11.4. The zero-order valence-electron chi connectivity index (χ0n) is 21.6. The second kappa shape index (κ2) is 11.0. The van der Waals surface area contributed by atoms with E-state index in [1.807, 2.05) is 0 Å². The maximum absolute atomic E-state index is 13.3. The number of benzene rings is 2. The van der Waals surface area contributed by atoms with E-state index < -0.39 is 30.4 Å². The van der Waals surface area contributed by atoms with Crippen LogP contribution >= 0.6 is 0 Å². The third-order valence-corrected chi connectivity index (χ3v) is 5.28. The standard InChI is InChI=1S/C27H28F3N3O5/c1-26(2,3)38-25(35)32(22-12-11-17(24(34)37-5)14-23(22)36-4)13-7-8-18-15-19-20(31)9-6-10-21(19)33(18)16-27(28,29)30/h6,9-12,14-15H,13,16,31H2,1-5H3. The lowest BCUT2D eigenvalue weighted by molar-refractivity contribution is -0.140. The first kappa shape index (κ1) is 28.2. The zero-order valence-corrected chi connectivity index (χ0v) is 21.6. The molecule has 1 aromatic heterocycles. The van der Waals surface area contributed by atoms with Crippen molar-refractivity contribution in [3.05, 3.63) is 53.7 Å². The summed E-state index contributed by atoms with van der Waals surface area (Å²) in [4.78, 5) is 26.2. The number of methoxy groups -OCH3 is 2. The van der Waals surface area contributed by atoms with E-state index in [4.69, 9.17) is 19.9 Å². The van der Waals surface area contributed by atoms with Gasteiger partial charge in [0.05, 0.1) is 43.2 Å². The summed E-state index contributed by atoms with van der Waals surface area (Å²) in [6, 6.07) is 10.5. The molecule has 0 aliphatic rings. The third kappa shape index (κ3) is 6.70. The van der Waals surface area contributed by atoms with E-state index >= 15 is 0 Å².